The number of carbonyl (C=O) groups excluding carboxylic acids is 2. The first-order valence-corrected chi connectivity index (χ1v) is 10.8. The van der Waals surface area contributed by atoms with Crippen molar-refractivity contribution < 1.29 is 18.4 Å². The summed E-state index contributed by atoms with van der Waals surface area (Å²) < 4.78 is 30.3. The summed E-state index contributed by atoms with van der Waals surface area (Å²) in [6.45, 7) is 5.24. The number of hydrogen-bond acceptors (Lipinski definition) is 6. The van der Waals surface area contributed by atoms with Gasteiger partial charge in [-0.1, -0.05) is 0 Å². The maximum absolute atomic E-state index is 13.6. The molecule has 4 rings (SSSR count). The summed E-state index contributed by atoms with van der Waals surface area (Å²) in [6, 6.07) is 0.552. The Morgan fingerprint density at radius 3 is 2.48 bits per heavy atom. The number of nitrogens with two attached hydrogens (primary N) is 1. The smallest absolute Gasteiger partial charge is 0.280 e. The van der Waals surface area contributed by atoms with Crippen molar-refractivity contribution in [3.63, 3.8) is 0 Å². The molecule has 1 unspecified atom stereocenters. The van der Waals surface area contributed by atoms with E-state index in [1.165, 1.54) is 10.7 Å². The number of alkyl halides is 2. The van der Waals surface area contributed by atoms with Gasteiger partial charge >= 0.3 is 0 Å². The number of carbonyl (C=O) groups is 2. The van der Waals surface area contributed by atoms with Gasteiger partial charge in [-0.2, -0.15) is 10.2 Å². The normalized spacial score (nSPS) is 12.5. The monoisotopic (exact) mass is 473 g/mol. The number of thiophene rings is 1. The van der Waals surface area contributed by atoms with E-state index in [1.54, 1.807) is 44.2 Å². The maximum Gasteiger partial charge on any atom is 0.280 e. The molecular weight excluding hydrogens is 452 g/mol. The average molecular weight is 474 g/mol. The number of primary amides is 1. The number of amides is 2. The Balaban J connectivity index is 1.92. The van der Waals surface area contributed by atoms with Crippen molar-refractivity contribution in [1.82, 2.24) is 24.5 Å². The molecule has 0 aromatic carbocycles. The van der Waals surface area contributed by atoms with E-state index in [2.05, 4.69) is 20.5 Å². The number of anilines is 1. The molecule has 0 aliphatic carbocycles. The number of aryl methyl sites for hydroxylation is 3. The summed E-state index contributed by atoms with van der Waals surface area (Å²) in [7, 11) is 1.71. The van der Waals surface area contributed by atoms with Gasteiger partial charge in [0.15, 0.2) is 0 Å². The van der Waals surface area contributed by atoms with Crippen molar-refractivity contribution in [1.29, 1.82) is 0 Å². The molecule has 172 valence electrons. The molecule has 9 nitrogen and oxygen atoms in total. The van der Waals surface area contributed by atoms with Gasteiger partial charge in [0.25, 0.3) is 12.3 Å². The Hall–Kier alpha value is -3.67. The fourth-order valence-electron chi connectivity index (χ4n) is 3.59. The van der Waals surface area contributed by atoms with Crippen molar-refractivity contribution in [2.24, 2.45) is 12.8 Å². The first-order valence-electron chi connectivity index (χ1n) is 9.94. The van der Waals surface area contributed by atoms with E-state index in [4.69, 9.17) is 5.73 Å². The minimum Gasteiger partial charge on any atom is -0.365 e. The van der Waals surface area contributed by atoms with Gasteiger partial charge in [0.2, 0.25) is 5.91 Å². The highest BCUT2D eigenvalue weighted by atomic mass is 32.1. The third-order valence-corrected chi connectivity index (χ3v) is 6.29. The van der Waals surface area contributed by atoms with Crippen molar-refractivity contribution in [3.05, 3.63) is 46.5 Å². The molecule has 0 saturated carbocycles. The van der Waals surface area contributed by atoms with Crippen molar-refractivity contribution >= 4 is 39.1 Å². The molecule has 0 radical (unpaired) electrons. The van der Waals surface area contributed by atoms with Crippen LogP contribution in [0.3, 0.4) is 0 Å². The lowest BCUT2D eigenvalue weighted by Gasteiger charge is -2.14. The predicted molar refractivity (Wildman–Crippen MR) is 120 cm³/mol. The minimum atomic E-state index is -2.83. The number of aromatic nitrogens is 5. The minimum absolute atomic E-state index is 0.0175. The number of halogens is 2. The Bertz CT molecular complexity index is 1390. The van der Waals surface area contributed by atoms with E-state index in [0.717, 1.165) is 16.9 Å². The van der Waals surface area contributed by atoms with E-state index in [0.29, 0.717) is 22.2 Å². The molecular formula is C21H21F2N7O2S. The van der Waals surface area contributed by atoms with Gasteiger partial charge in [-0.3, -0.25) is 19.0 Å². The topological polar surface area (TPSA) is 121 Å². The largest absolute Gasteiger partial charge is 0.365 e. The van der Waals surface area contributed by atoms with Crippen LogP contribution in [0.2, 0.25) is 0 Å². The summed E-state index contributed by atoms with van der Waals surface area (Å²) in [4.78, 5) is 29.5. The van der Waals surface area contributed by atoms with Crippen LogP contribution in [0.4, 0.5) is 14.5 Å². The molecule has 0 spiro atoms. The highest BCUT2D eigenvalue weighted by Crippen LogP contribution is 2.43. The van der Waals surface area contributed by atoms with Gasteiger partial charge in [-0.25, -0.2) is 13.8 Å². The zero-order chi connectivity index (χ0) is 24.0. The van der Waals surface area contributed by atoms with Crippen LogP contribution in [-0.4, -0.2) is 36.4 Å². The molecule has 4 aromatic rings. The second-order valence-electron chi connectivity index (χ2n) is 7.71. The van der Waals surface area contributed by atoms with E-state index >= 15 is 0 Å². The zero-order valence-corrected chi connectivity index (χ0v) is 19.1. The van der Waals surface area contributed by atoms with Crippen LogP contribution < -0.4 is 11.1 Å². The van der Waals surface area contributed by atoms with Gasteiger partial charge in [-0.15, -0.1) is 11.3 Å². The third kappa shape index (κ3) is 4.09. The quantitative estimate of drug-likeness (QED) is 0.442. The molecule has 2 amide bonds. The lowest BCUT2D eigenvalue weighted by atomic mass is 10.0. The molecule has 0 fully saturated rings. The number of rotatable bonds is 6. The standard InChI is InChI=1S/C21H21F2N7O2S/c1-9-6-25-30(7-9)11(3)20(32)27-16-15-12(13-8-29(4)28-10(13)2)5-14(18(22)23)26-21(15)33-17(16)19(24)31/h5-8,11,18H,1-4H3,(H2,24,31)(H,27,32). The van der Waals surface area contributed by atoms with Gasteiger partial charge in [0.05, 0.1) is 17.6 Å². The number of nitrogens with one attached hydrogen (secondary N) is 1. The van der Waals surface area contributed by atoms with E-state index in [1.807, 2.05) is 6.92 Å². The number of pyridine rings is 1. The molecule has 4 aromatic heterocycles. The predicted octanol–water partition coefficient (Wildman–Crippen LogP) is 3.75. The van der Waals surface area contributed by atoms with Gasteiger partial charge < -0.3 is 11.1 Å². The molecule has 0 saturated heterocycles. The fraction of sp³-hybridized carbons (Fsp3) is 0.286. The van der Waals surface area contributed by atoms with Gasteiger partial charge in [-0.05, 0) is 38.0 Å². The lowest BCUT2D eigenvalue weighted by Crippen LogP contribution is -2.25. The molecule has 33 heavy (non-hydrogen) atoms. The average Bonchev–Trinajstić information content (AvgIpc) is 3.43. The molecule has 4 heterocycles. The third-order valence-electron chi connectivity index (χ3n) is 5.19. The van der Waals surface area contributed by atoms with Crippen LogP contribution in [-0.2, 0) is 11.8 Å². The van der Waals surface area contributed by atoms with E-state index < -0.39 is 30.0 Å². The first-order chi connectivity index (χ1) is 15.6. The number of fused-ring (bicyclic) bond motifs is 1. The Morgan fingerprint density at radius 1 is 1.21 bits per heavy atom. The molecule has 0 aliphatic heterocycles. The van der Waals surface area contributed by atoms with Crippen molar-refractivity contribution in [2.45, 2.75) is 33.2 Å². The molecule has 1 atom stereocenters. The highest BCUT2D eigenvalue weighted by molar-refractivity contribution is 7.21. The van der Waals surface area contributed by atoms with Crippen LogP contribution >= 0.6 is 11.3 Å². The summed E-state index contributed by atoms with van der Waals surface area (Å²) >= 11 is 0.855. The van der Waals surface area contributed by atoms with Crippen molar-refractivity contribution in [2.75, 3.05) is 5.32 Å². The molecule has 12 heteroatoms. The zero-order valence-electron chi connectivity index (χ0n) is 18.3. The van der Waals surface area contributed by atoms with Crippen LogP contribution in [0, 0.1) is 13.8 Å². The lowest BCUT2D eigenvalue weighted by molar-refractivity contribution is -0.119. The summed E-state index contributed by atoms with van der Waals surface area (Å²) in [5.41, 5.74) is 7.69. The molecule has 3 N–H and O–H groups in total. The SMILES string of the molecule is Cc1cnn(C(C)C(=O)Nc2c(C(N)=O)sc3nc(C(F)F)cc(-c4cn(C)nc4C)c23)c1. The summed E-state index contributed by atoms with van der Waals surface area (Å²) in [5, 5.41) is 11.6. The fourth-order valence-corrected chi connectivity index (χ4v) is 4.61. The first kappa shape index (κ1) is 22.5. The van der Waals surface area contributed by atoms with E-state index in [9.17, 15) is 18.4 Å². The summed E-state index contributed by atoms with van der Waals surface area (Å²) in [5.74, 6) is -1.25. The van der Waals surface area contributed by atoms with Crippen LogP contribution in [0.15, 0.2) is 24.7 Å². The Labute approximate surface area is 191 Å². The van der Waals surface area contributed by atoms with Gasteiger partial charge in [0, 0.05) is 30.4 Å². The Morgan fingerprint density at radius 2 is 1.94 bits per heavy atom. The van der Waals surface area contributed by atoms with Crippen molar-refractivity contribution in [3.8, 4) is 11.1 Å². The van der Waals surface area contributed by atoms with Crippen LogP contribution in [0.5, 0.6) is 0 Å². The second kappa shape index (κ2) is 8.35. The number of hydrogen-bond donors (Lipinski definition) is 2. The summed E-state index contributed by atoms with van der Waals surface area (Å²) in [6.07, 6.45) is 2.19. The van der Waals surface area contributed by atoms with E-state index in [-0.39, 0.29) is 15.4 Å². The van der Waals surface area contributed by atoms with Crippen LogP contribution in [0.1, 0.15) is 46.0 Å². The van der Waals surface area contributed by atoms with Crippen LogP contribution in [0.25, 0.3) is 21.3 Å². The molecule has 0 aliphatic rings. The maximum atomic E-state index is 13.6. The highest BCUT2D eigenvalue weighted by Gasteiger charge is 2.27. The number of nitrogens with zero attached hydrogens (tertiary/aromatic N) is 5. The Kier molecular flexibility index (Phi) is 5.70. The molecule has 0 bridgehead atoms. The second-order valence-corrected chi connectivity index (χ2v) is 8.71. The van der Waals surface area contributed by atoms with Gasteiger partial charge in [0.1, 0.15) is 21.4 Å².